The summed E-state index contributed by atoms with van der Waals surface area (Å²) >= 11 is 0. The highest BCUT2D eigenvalue weighted by Crippen LogP contribution is 2.33. The average molecular weight is 375 g/mol. The van der Waals surface area contributed by atoms with E-state index in [-0.39, 0.29) is 5.91 Å². The van der Waals surface area contributed by atoms with E-state index in [0.29, 0.717) is 23.1 Å². The van der Waals surface area contributed by atoms with Crippen molar-refractivity contribution < 1.29 is 4.79 Å². The minimum absolute atomic E-state index is 0.0423. The van der Waals surface area contributed by atoms with Crippen molar-refractivity contribution in [2.45, 2.75) is 6.92 Å². The van der Waals surface area contributed by atoms with Gasteiger partial charge in [0, 0.05) is 49.9 Å². The van der Waals surface area contributed by atoms with E-state index < -0.39 is 0 Å². The molecule has 2 aliphatic heterocycles. The average Bonchev–Trinajstić information content (AvgIpc) is 3.43. The molecule has 1 aromatic carbocycles. The predicted octanol–water partition coefficient (Wildman–Crippen LogP) is 1.57. The molecule has 0 bridgehead atoms. The molecule has 0 radical (unpaired) electrons. The molecule has 0 N–H and O–H groups in total. The van der Waals surface area contributed by atoms with Crippen molar-refractivity contribution >= 4 is 11.9 Å². The van der Waals surface area contributed by atoms with E-state index in [2.05, 4.69) is 25.1 Å². The maximum atomic E-state index is 13.2. The third kappa shape index (κ3) is 2.90. The van der Waals surface area contributed by atoms with Gasteiger partial charge in [-0.3, -0.25) is 4.79 Å². The highest BCUT2D eigenvalue weighted by molar-refractivity contribution is 5.97. The zero-order chi connectivity index (χ0) is 19.1. The van der Waals surface area contributed by atoms with Crippen molar-refractivity contribution in [3.8, 4) is 5.69 Å². The third-order valence-electron chi connectivity index (χ3n) is 5.61. The first-order valence-corrected chi connectivity index (χ1v) is 9.48. The van der Waals surface area contributed by atoms with Crippen LogP contribution in [-0.2, 0) is 0 Å². The Labute approximate surface area is 162 Å². The van der Waals surface area contributed by atoms with Gasteiger partial charge in [0.15, 0.2) is 0 Å². The number of benzene rings is 1. The molecule has 2 atom stereocenters. The van der Waals surface area contributed by atoms with Crippen molar-refractivity contribution in [3.05, 3.63) is 60.2 Å². The summed E-state index contributed by atoms with van der Waals surface area (Å²) in [6, 6.07) is 9.41. The van der Waals surface area contributed by atoms with Crippen LogP contribution in [0.2, 0.25) is 0 Å². The number of carbonyl (C=O) groups is 1. The first kappa shape index (κ1) is 16.9. The van der Waals surface area contributed by atoms with E-state index in [4.69, 9.17) is 0 Å². The maximum Gasteiger partial charge on any atom is 0.256 e. The van der Waals surface area contributed by atoms with Crippen LogP contribution in [-0.4, -0.2) is 61.9 Å². The zero-order valence-corrected chi connectivity index (χ0v) is 15.6. The quantitative estimate of drug-likeness (QED) is 0.691. The Morgan fingerprint density at radius 1 is 0.964 bits per heavy atom. The van der Waals surface area contributed by atoms with Gasteiger partial charge in [0.1, 0.15) is 0 Å². The first-order chi connectivity index (χ1) is 13.7. The maximum absolute atomic E-state index is 13.2. The largest absolute Gasteiger partial charge is 0.340 e. The van der Waals surface area contributed by atoms with E-state index >= 15 is 0 Å². The standard InChI is InChI=1S/C20H21N7O/c1-14-6-7-21-20(24-14)26-12-15-10-25(11-16(15)13-26)19(28)17-4-2-3-5-18(17)27-22-8-9-23-27/h2-9,15-16H,10-13H2,1H3. The number of para-hydroxylation sites is 1. The number of aryl methyl sites for hydroxylation is 1. The van der Waals surface area contributed by atoms with Crippen LogP contribution in [0.3, 0.4) is 0 Å². The third-order valence-corrected chi connectivity index (χ3v) is 5.61. The summed E-state index contributed by atoms with van der Waals surface area (Å²) < 4.78 is 0. The molecule has 1 amide bonds. The monoisotopic (exact) mass is 375 g/mol. The van der Waals surface area contributed by atoms with Gasteiger partial charge in [0.05, 0.1) is 23.6 Å². The van der Waals surface area contributed by atoms with E-state index in [1.807, 2.05) is 48.4 Å². The minimum atomic E-state index is 0.0423. The Morgan fingerprint density at radius 3 is 2.39 bits per heavy atom. The van der Waals surface area contributed by atoms with Gasteiger partial charge in [-0.05, 0) is 25.1 Å². The molecule has 2 unspecified atom stereocenters. The Kier molecular flexibility index (Phi) is 4.03. The molecule has 142 valence electrons. The number of likely N-dealkylation sites (tertiary alicyclic amines) is 1. The molecule has 8 heteroatoms. The van der Waals surface area contributed by atoms with Crippen molar-refractivity contribution in [3.63, 3.8) is 0 Å². The molecular weight excluding hydrogens is 354 g/mol. The van der Waals surface area contributed by atoms with Gasteiger partial charge in [-0.25, -0.2) is 9.97 Å². The number of rotatable bonds is 3. The molecule has 3 aromatic rings. The number of aromatic nitrogens is 5. The van der Waals surface area contributed by atoms with Crippen molar-refractivity contribution in [2.75, 3.05) is 31.1 Å². The fourth-order valence-corrected chi connectivity index (χ4v) is 4.25. The van der Waals surface area contributed by atoms with Gasteiger partial charge in [-0.1, -0.05) is 12.1 Å². The molecule has 2 fully saturated rings. The second-order valence-corrected chi connectivity index (χ2v) is 7.47. The van der Waals surface area contributed by atoms with Gasteiger partial charge in [-0.15, -0.1) is 0 Å². The van der Waals surface area contributed by atoms with Crippen LogP contribution in [0.25, 0.3) is 5.69 Å². The number of hydrogen-bond acceptors (Lipinski definition) is 6. The topological polar surface area (TPSA) is 80.0 Å². The SMILES string of the molecule is Cc1ccnc(N2CC3CN(C(=O)c4ccccc4-n4nccn4)CC3C2)n1. The zero-order valence-electron chi connectivity index (χ0n) is 15.6. The molecule has 2 aromatic heterocycles. The summed E-state index contributed by atoms with van der Waals surface area (Å²) in [7, 11) is 0. The minimum Gasteiger partial charge on any atom is -0.340 e. The van der Waals surface area contributed by atoms with Crippen LogP contribution in [0.4, 0.5) is 5.95 Å². The molecular formula is C20H21N7O. The summed E-state index contributed by atoms with van der Waals surface area (Å²) in [5, 5.41) is 8.36. The van der Waals surface area contributed by atoms with Gasteiger partial charge < -0.3 is 9.80 Å². The second-order valence-electron chi connectivity index (χ2n) is 7.47. The lowest BCUT2D eigenvalue weighted by molar-refractivity contribution is 0.0782. The predicted molar refractivity (Wildman–Crippen MR) is 103 cm³/mol. The highest BCUT2D eigenvalue weighted by Gasteiger charge is 2.42. The Balaban J connectivity index is 1.32. The summed E-state index contributed by atoms with van der Waals surface area (Å²) in [4.78, 5) is 27.9. The Hall–Kier alpha value is -3.29. The van der Waals surface area contributed by atoms with Crippen LogP contribution in [0.1, 0.15) is 16.1 Å². The number of carbonyl (C=O) groups excluding carboxylic acids is 1. The smallest absolute Gasteiger partial charge is 0.256 e. The molecule has 0 spiro atoms. The first-order valence-electron chi connectivity index (χ1n) is 9.48. The van der Waals surface area contributed by atoms with Crippen molar-refractivity contribution in [1.82, 2.24) is 29.9 Å². The van der Waals surface area contributed by atoms with Gasteiger partial charge in [-0.2, -0.15) is 15.0 Å². The van der Waals surface area contributed by atoms with E-state index in [0.717, 1.165) is 37.8 Å². The van der Waals surface area contributed by atoms with E-state index in [9.17, 15) is 4.79 Å². The molecule has 28 heavy (non-hydrogen) atoms. The molecule has 0 saturated carbocycles. The van der Waals surface area contributed by atoms with Crippen molar-refractivity contribution in [2.24, 2.45) is 11.8 Å². The Morgan fingerprint density at radius 2 is 1.68 bits per heavy atom. The lowest BCUT2D eigenvalue weighted by atomic mass is 10.0. The van der Waals surface area contributed by atoms with Crippen LogP contribution in [0.5, 0.6) is 0 Å². The second kappa shape index (κ2) is 6.70. The molecule has 2 aliphatic rings. The normalized spacial score (nSPS) is 21.2. The summed E-state index contributed by atoms with van der Waals surface area (Å²) in [6.45, 7) is 5.27. The molecule has 5 rings (SSSR count). The van der Waals surface area contributed by atoms with E-state index in [1.54, 1.807) is 12.4 Å². The molecule has 0 aliphatic carbocycles. The van der Waals surface area contributed by atoms with E-state index in [1.165, 1.54) is 4.80 Å². The highest BCUT2D eigenvalue weighted by atomic mass is 16.2. The van der Waals surface area contributed by atoms with Gasteiger partial charge in [0.25, 0.3) is 5.91 Å². The molecule has 2 saturated heterocycles. The lowest BCUT2D eigenvalue weighted by Gasteiger charge is -2.22. The fraction of sp³-hybridized carbons (Fsp3) is 0.350. The fourth-order valence-electron chi connectivity index (χ4n) is 4.25. The molecule has 8 nitrogen and oxygen atoms in total. The summed E-state index contributed by atoms with van der Waals surface area (Å²) in [5.41, 5.74) is 2.32. The number of fused-ring (bicyclic) bond motifs is 1. The van der Waals surface area contributed by atoms with Crippen LogP contribution in [0, 0.1) is 18.8 Å². The summed E-state index contributed by atoms with van der Waals surface area (Å²) in [5.74, 6) is 1.73. The van der Waals surface area contributed by atoms with Gasteiger partial charge >= 0.3 is 0 Å². The number of hydrogen-bond donors (Lipinski definition) is 0. The number of amides is 1. The lowest BCUT2D eigenvalue weighted by Crippen LogP contribution is -2.34. The van der Waals surface area contributed by atoms with Crippen LogP contribution < -0.4 is 4.90 Å². The van der Waals surface area contributed by atoms with Crippen molar-refractivity contribution in [1.29, 1.82) is 0 Å². The summed E-state index contributed by atoms with van der Waals surface area (Å²) in [6.07, 6.45) is 5.04. The van der Waals surface area contributed by atoms with Crippen LogP contribution >= 0.6 is 0 Å². The molecule has 4 heterocycles. The Bertz CT molecular complexity index is 989. The van der Waals surface area contributed by atoms with Gasteiger partial charge in [0.2, 0.25) is 5.95 Å². The number of nitrogens with zero attached hydrogens (tertiary/aromatic N) is 7. The van der Waals surface area contributed by atoms with Crippen LogP contribution in [0.15, 0.2) is 48.9 Å². The number of anilines is 1.